The summed E-state index contributed by atoms with van der Waals surface area (Å²) < 4.78 is 79.8. The van der Waals surface area contributed by atoms with Crippen LogP contribution in [0.3, 0.4) is 0 Å². The van der Waals surface area contributed by atoms with Gasteiger partial charge >= 0.3 is 6.03 Å². The molecule has 2 atom stereocenters. The van der Waals surface area contributed by atoms with Crippen molar-refractivity contribution >= 4 is 58.6 Å². The lowest BCUT2D eigenvalue weighted by Crippen LogP contribution is -2.44. The third-order valence-electron chi connectivity index (χ3n) is 13.6. The third-order valence-corrected chi connectivity index (χ3v) is 16.3. The molecule has 1 aromatic heterocycles. The second-order valence-electron chi connectivity index (χ2n) is 26.8. The van der Waals surface area contributed by atoms with Gasteiger partial charge in [-0.25, -0.2) is 9.48 Å². The number of nitrogens with zero attached hydrogens (tertiary/aromatic N) is 4. The van der Waals surface area contributed by atoms with E-state index in [-0.39, 0.29) is 65.1 Å². The number of primary amides is 1. The van der Waals surface area contributed by atoms with Crippen molar-refractivity contribution in [2.75, 3.05) is 202 Å². The number of carbonyl (C=O) groups is 4. The molecule has 0 unspecified atom stereocenters. The Balaban J connectivity index is 1.48. The number of amides is 4. The first-order valence-electron chi connectivity index (χ1n) is 35.0. The van der Waals surface area contributed by atoms with Crippen LogP contribution in [0.2, 0.25) is 0 Å². The number of oxime groups is 1. The number of ether oxygens (including phenoxy) is 14. The number of urea groups is 1. The highest BCUT2D eigenvalue weighted by atomic mass is 32.2. The maximum absolute atomic E-state index is 13.9. The number of carbonyl (C=O) groups excluding carboxylic acids is 4. The van der Waals surface area contributed by atoms with Crippen molar-refractivity contribution in [2.45, 2.75) is 143 Å². The number of nitrogens with one attached hydrogen (secondary N) is 4. The quantitative estimate of drug-likeness (QED) is 0.0184. The number of rotatable bonds is 66. The molecule has 100 heavy (non-hydrogen) atoms. The number of hydrogen-bond acceptors (Lipinski definition) is 25. The van der Waals surface area contributed by atoms with E-state index < -0.39 is 23.9 Å². The number of ketones is 1. The number of benzene rings is 1. The number of Topliss-reactive ketones (excluding diaryl/α,β-unsaturated/α-hetero) is 1. The minimum Gasteiger partial charge on any atom is -0.475 e. The Kier molecular flexibility index (Phi) is 52.6. The number of thioether (sulfide) groups is 2. The van der Waals surface area contributed by atoms with Crippen molar-refractivity contribution in [1.82, 2.24) is 30.9 Å². The Bertz CT molecular complexity index is 2430. The van der Waals surface area contributed by atoms with E-state index >= 15 is 0 Å². The molecule has 0 saturated carbocycles. The van der Waals surface area contributed by atoms with Gasteiger partial charge in [0.05, 0.1) is 196 Å². The Labute approximate surface area is 604 Å². The lowest BCUT2D eigenvalue weighted by Gasteiger charge is -2.23. The van der Waals surface area contributed by atoms with E-state index in [0.29, 0.717) is 220 Å². The van der Waals surface area contributed by atoms with E-state index in [1.54, 1.807) is 40.3 Å². The summed E-state index contributed by atoms with van der Waals surface area (Å²) in [5.41, 5.74) is 8.41. The SMILES string of the molecule is C=C(NCc1cn(CCOCCOCCOCCOCCOCCOCCOCCOCCOCCOCCOCCOCCOCCC(C)(C)C)nn1)OCc1ccc(NC(=O)[C@H](CCCNC(N)=O)CC(=O)[C@H](CC(C)C)NC(=O)CON=C(CSC(C)(C)C)CSC(C)(C)C)cc1. The zero-order chi connectivity index (χ0) is 73.4. The van der Waals surface area contributed by atoms with Gasteiger partial charge < -0.3 is 98.2 Å². The highest BCUT2D eigenvalue weighted by Crippen LogP contribution is 2.27. The summed E-state index contributed by atoms with van der Waals surface area (Å²) in [5.74, 6) is -0.230. The molecule has 0 bridgehead atoms. The Morgan fingerprint density at radius 3 is 1.44 bits per heavy atom. The number of aromatic nitrogens is 3. The van der Waals surface area contributed by atoms with Crippen LogP contribution in [0.25, 0.3) is 0 Å². The van der Waals surface area contributed by atoms with Crippen molar-refractivity contribution in [3.8, 4) is 0 Å². The Hall–Kier alpha value is -4.77. The fourth-order valence-electron chi connectivity index (χ4n) is 8.27. The molecule has 0 saturated heterocycles. The maximum Gasteiger partial charge on any atom is 0.312 e. The summed E-state index contributed by atoms with van der Waals surface area (Å²) in [6, 6.07) is 5.57. The van der Waals surface area contributed by atoms with E-state index in [9.17, 15) is 19.2 Å². The fraction of sp³-hybridized carbons (Fsp3) is 0.786. The molecule has 4 amide bonds. The van der Waals surface area contributed by atoms with E-state index in [2.05, 4.69) is 106 Å². The van der Waals surface area contributed by atoms with Gasteiger partial charge in [0, 0.05) is 52.2 Å². The van der Waals surface area contributed by atoms with Gasteiger partial charge in [-0.2, -0.15) is 0 Å². The summed E-state index contributed by atoms with van der Waals surface area (Å²) in [6.45, 7) is 41.0. The van der Waals surface area contributed by atoms with Gasteiger partial charge in [-0.3, -0.25) is 14.4 Å². The van der Waals surface area contributed by atoms with E-state index in [4.69, 9.17) is 76.9 Å². The largest absolute Gasteiger partial charge is 0.475 e. The molecule has 0 aliphatic carbocycles. The van der Waals surface area contributed by atoms with Crippen LogP contribution in [0, 0.1) is 17.3 Å². The molecule has 1 heterocycles. The van der Waals surface area contributed by atoms with Crippen LogP contribution in [0.15, 0.2) is 48.1 Å². The molecule has 0 aliphatic heterocycles. The molecule has 0 aliphatic rings. The van der Waals surface area contributed by atoms with Gasteiger partial charge in [0.2, 0.25) is 5.91 Å². The molecule has 30 heteroatoms. The zero-order valence-corrected chi connectivity index (χ0v) is 63.8. The summed E-state index contributed by atoms with van der Waals surface area (Å²) in [5, 5.41) is 24.2. The number of nitrogens with two attached hydrogens (primary N) is 1. The van der Waals surface area contributed by atoms with Gasteiger partial charge in [0.15, 0.2) is 18.3 Å². The van der Waals surface area contributed by atoms with Crippen LogP contribution in [0.5, 0.6) is 0 Å². The van der Waals surface area contributed by atoms with Gasteiger partial charge in [-0.1, -0.05) is 98.7 Å². The second kappa shape index (κ2) is 57.6. The number of anilines is 1. The van der Waals surface area contributed by atoms with E-state index in [1.807, 2.05) is 32.2 Å². The fourth-order valence-corrected chi connectivity index (χ4v) is 9.91. The normalized spacial score (nSPS) is 12.5. The lowest BCUT2D eigenvalue weighted by molar-refractivity contribution is -0.132. The molecule has 576 valence electrons. The molecular formula is C70H125N9O19S2. The van der Waals surface area contributed by atoms with Gasteiger partial charge in [-0.05, 0) is 61.3 Å². The van der Waals surface area contributed by atoms with Gasteiger partial charge in [0.25, 0.3) is 5.91 Å². The first-order chi connectivity index (χ1) is 47.9. The minimum absolute atomic E-state index is 0.0198. The predicted octanol–water partition coefficient (Wildman–Crippen LogP) is 7.64. The Morgan fingerprint density at radius 2 is 1.03 bits per heavy atom. The van der Waals surface area contributed by atoms with Crippen LogP contribution in [0.1, 0.15) is 120 Å². The highest BCUT2D eigenvalue weighted by molar-refractivity contribution is 8.02. The highest BCUT2D eigenvalue weighted by Gasteiger charge is 2.29. The minimum atomic E-state index is -0.856. The predicted molar refractivity (Wildman–Crippen MR) is 390 cm³/mol. The molecule has 2 rings (SSSR count). The van der Waals surface area contributed by atoms with Crippen molar-refractivity contribution in [3.63, 3.8) is 0 Å². The first-order valence-corrected chi connectivity index (χ1v) is 37.0. The van der Waals surface area contributed by atoms with Crippen LogP contribution >= 0.6 is 23.5 Å². The number of hydrogen-bond donors (Lipinski definition) is 5. The standard InChI is InChI=1S/C70H125N9O19S2/c1-56(2)48-63(75-65(81)53-98-77-62(54-99-69(7,8)9)55-100-70(10,11)12)64(80)49-59(14-13-20-72-67(71)83)66(82)74-60-17-15-58(16-18-60)52-97-57(3)73-50-61-51-79(78-76-61)21-23-85-25-27-87-29-31-89-33-35-91-37-39-93-41-43-95-45-47-96-46-44-94-42-40-92-38-36-90-34-32-88-30-28-86-26-24-84-22-19-68(4,5)6/h15-18,51,56,59,63,73H,3,13-14,19-50,52-55H2,1-2,4-12H3,(H,74,82)(H,75,81)(H3,71,72,83)/t59-,63+/m1/s1. The lowest BCUT2D eigenvalue weighted by atomic mass is 9.90. The molecule has 0 spiro atoms. The third kappa shape index (κ3) is 56.7. The van der Waals surface area contributed by atoms with Crippen LogP contribution < -0.4 is 27.0 Å². The van der Waals surface area contributed by atoms with E-state index in [1.165, 1.54) is 0 Å². The van der Waals surface area contributed by atoms with Gasteiger partial charge in [0.1, 0.15) is 12.3 Å². The summed E-state index contributed by atoms with van der Waals surface area (Å²) in [6.07, 6.45) is 3.73. The average molecular weight is 1460 g/mol. The molecule has 28 nitrogen and oxygen atoms in total. The van der Waals surface area contributed by atoms with Crippen molar-refractivity contribution < 1.29 is 90.3 Å². The molecular weight excluding hydrogens is 1330 g/mol. The monoisotopic (exact) mass is 1460 g/mol. The summed E-state index contributed by atoms with van der Waals surface area (Å²) in [7, 11) is 0. The first kappa shape index (κ1) is 91.3. The van der Waals surface area contributed by atoms with Gasteiger partial charge in [-0.15, -0.1) is 28.6 Å². The smallest absolute Gasteiger partial charge is 0.312 e. The molecule has 1 aromatic carbocycles. The van der Waals surface area contributed by atoms with Crippen LogP contribution in [0.4, 0.5) is 10.5 Å². The van der Waals surface area contributed by atoms with Crippen LogP contribution in [-0.4, -0.2) is 256 Å². The molecule has 0 fully saturated rings. The molecule has 2 aromatic rings. The summed E-state index contributed by atoms with van der Waals surface area (Å²) >= 11 is 3.49. The van der Waals surface area contributed by atoms with E-state index in [0.717, 1.165) is 24.3 Å². The van der Waals surface area contributed by atoms with Crippen molar-refractivity contribution in [1.29, 1.82) is 0 Å². The second-order valence-corrected chi connectivity index (χ2v) is 30.4. The van der Waals surface area contributed by atoms with Crippen LogP contribution in [-0.2, 0) is 105 Å². The average Bonchev–Trinajstić information content (AvgIpc) is 2.14. The van der Waals surface area contributed by atoms with Crippen molar-refractivity contribution in [2.24, 2.45) is 28.1 Å². The Morgan fingerprint density at radius 1 is 0.600 bits per heavy atom. The van der Waals surface area contributed by atoms with Crippen molar-refractivity contribution in [3.05, 3.63) is 54.2 Å². The molecule has 6 N–H and O–H groups in total. The summed E-state index contributed by atoms with van der Waals surface area (Å²) in [4.78, 5) is 57.9. The topological polar surface area (TPSA) is 324 Å². The zero-order valence-electron chi connectivity index (χ0n) is 62.1. The molecule has 0 radical (unpaired) electrons. The maximum atomic E-state index is 13.9.